The van der Waals surface area contributed by atoms with E-state index >= 15 is 0 Å². The lowest BCUT2D eigenvalue weighted by atomic mass is 9.96. The van der Waals surface area contributed by atoms with Gasteiger partial charge in [-0.25, -0.2) is 0 Å². The van der Waals surface area contributed by atoms with Gasteiger partial charge in [0.15, 0.2) is 0 Å². The minimum Gasteiger partial charge on any atom is -0.395 e. The normalized spacial score (nSPS) is 25.0. The number of carbonyl (C=O) groups excluding carboxylic acids is 2. The topological polar surface area (TPSA) is 60.9 Å². The van der Waals surface area contributed by atoms with Crippen LogP contribution in [0.3, 0.4) is 0 Å². The van der Waals surface area contributed by atoms with E-state index in [4.69, 9.17) is 0 Å². The lowest BCUT2D eigenvalue weighted by molar-refractivity contribution is 0.0460. The molecule has 1 fully saturated rings. The summed E-state index contributed by atoms with van der Waals surface area (Å²) in [5.74, 6) is -0.369. The summed E-state index contributed by atoms with van der Waals surface area (Å²) in [5.41, 5.74) is 1.02. The molecule has 1 N–H and O–H groups in total. The molecule has 0 radical (unpaired) electrons. The molecule has 1 saturated heterocycles. The van der Waals surface area contributed by atoms with Crippen molar-refractivity contribution in [1.82, 2.24) is 9.80 Å². The SMILES string of the molecule is CC1CCCC(CO)N1CCCN1C(=O)c2ccccc2C1=O. The van der Waals surface area contributed by atoms with E-state index < -0.39 is 0 Å². The molecule has 1 aromatic rings. The molecule has 5 nitrogen and oxygen atoms in total. The van der Waals surface area contributed by atoms with Gasteiger partial charge in [-0.15, -0.1) is 0 Å². The number of nitrogens with zero attached hydrogens (tertiary/aromatic N) is 2. The van der Waals surface area contributed by atoms with Gasteiger partial charge in [0, 0.05) is 25.2 Å². The van der Waals surface area contributed by atoms with Crippen molar-refractivity contribution in [2.75, 3.05) is 19.7 Å². The van der Waals surface area contributed by atoms with Gasteiger partial charge in [-0.1, -0.05) is 18.6 Å². The van der Waals surface area contributed by atoms with Crippen LogP contribution < -0.4 is 0 Å². The molecule has 2 aliphatic heterocycles. The zero-order chi connectivity index (χ0) is 16.4. The van der Waals surface area contributed by atoms with E-state index in [1.807, 2.05) is 0 Å². The summed E-state index contributed by atoms with van der Waals surface area (Å²) < 4.78 is 0. The van der Waals surface area contributed by atoms with Gasteiger partial charge < -0.3 is 5.11 Å². The van der Waals surface area contributed by atoms with Crippen LogP contribution in [-0.2, 0) is 0 Å². The lowest BCUT2D eigenvalue weighted by Crippen LogP contribution is -2.48. The standard InChI is InChI=1S/C18H24N2O3/c1-13-6-4-7-14(12-21)19(13)10-5-11-20-17(22)15-8-2-3-9-16(15)18(20)23/h2-3,8-9,13-14,21H,4-7,10-12H2,1H3. The number of aliphatic hydroxyl groups excluding tert-OH is 1. The molecule has 0 spiro atoms. The third-order valence-corrected chi connectivity index (χ3v) is 5.08. The minimum atomic E-state index is -0.184. The van der Waals surface area contributed by atoms with Crippen LogP contribution in [-0.4, -0.2) is 58.5 Å². The highest BCUT2D eigenvalue weighted by molar-refractivity contribution is 6.21. The molecular weight excluding hydrogens is 292 g/mol. The van der Waals surface area contributed by atoms with Gasteiger partial charge in [0.1, 0.15) is 0 Å². The second kappa shape index (κ2) is 6.81. The maximum Gasteiger partial charge on any atom is 0.261 e. The van der Waals surface area contributed by atoms with Gasteiger partial charge in [0.2, 0.25) is 0 Å². The molecule has 2 aliphatic rings. The van der Waals surface area contributed by atoms with E-state index in [1.54, 1.807) is 24.3 Å². The molecule has 2 atom stereocenters. The highest BCUT2D eigenvalue weighted by Gasteiger charge is 2.35. The maximum atomic E-state index is 12.3. The molecule has 0 aromatic heterocycles. The highest BCUT2D eigenvalue weighted by atomic mass is 16.3. The van der Waals surface area contributed by atoms with Gasteiger partial charge >= 0.3 is 0 Å². The monoisotopic (exact) mass is 316 g/mol. The van der Waals surface area contributed by atoms with E-state index in [0.29, 0.717) is 23.7 Å². The highest BCUT2D eigenvalue weighted by Crippen LogP contribution is 2.25. The first kappa shape index (κ1) is 16.1. The van der Waals surface area contributed by atoms with Crippen LogP contribution in [0.4, 0.5) is 0 Å². The van der Waals surface area contributed by atoms with Crippen LogP contribution in [0.5, 0.6) is 0 Å². The number of fused-ring (bicyclic) bond motifs is 1. The largest absolute Gasteiger partial charge is 0.395 e. The zero-order valence-corrected chi connectivity index (χ0v) is 13.6. The average molecular weight is 316 g/mol. The van der Waals surface area contributed by atoms with Crippen LogP contribution in [0, 0.1) is 0 Å². The van der Waals surface area contributed by atoms with Gasteiger partial charge in [-0.2, -0.15) is 0 Å². The summed E-state index contributed by atoms with van der Waals surface area (Å²) in [4.78, 5) is 28.3. The fourth-order valence-corrected chi connectivity index (χ4v) is 3.79. The summed E-state index contributed by atoms with van der Waals surface area (Å²) in [6, 6.07) is 7.65. The van der Waals surface area contributed by atoms with Crippen molar-refractivity contribution in [2.24, 2.45) is 0 Å². The predicted molar refractivity (Wildman–Crippen MR) is 87.3 cm³/mol. The number of imide groups is 1. The minimum absolute atomic E-state index is 0.178. The van der Waals surface area contributed by atoms with E-state index in [0.717, 1.165) is 32.2 Å². The Morgan fingerprint density at radius 2 is 1.74 bits per heavy atom. The van der Waals surface area contributed by atoms with E-state index in [9.17, 15) is 14.7 Å². The van der Waals surface area contributed by atoms with Crippen LogP contribution >= 0.6 is 0 Å². The van der Waals surface area contributed by atoms with E-state index in [-0.39, 0.29) is 24.5 Å². The van der Waals surface area contributed by atoms with Crippen molar-refractivity contribution in [3.8, 4) is 0 Å². The van der Waals surface area contributed by atoms with Crippen molar-refractivity contribution in [3.05, 3.63) is 35.4 Å². The molecule has 5 heteroatoms. The Bertz CT molecular complexity index is 567. The average Bonchev–Trinajstić information content (AvgIpc) is 2.81. The van der Waals surface area contributed by atoms with Crippen molar-refractivity contribution < 1.29 is 14.7 Å². The number of carbonyl (C=O) groups is 2. The Morgan fingerprint density at radius 1 is 1.09 bits per heavy atom. The zero-order valence-electron chi connectivity index (χ0n) is 13.6. The molecule has 2 unspecified atom stereocenters. The molecule has 0 saturated carbocycles. The Hall–Kier alpha value is -1.72. The molecule has 0 bridgehead atoms. The third kappa shape index (κ3) is 3.03. The second-order valence-corrected chi connectivity index (χ2v) is 6.52. The second-order valence-electron chi connectivity index (χ2n) is 6.52. The summed E-state index contributed by atoms with van der Waals surface area (Å²) >= 11 is 0. The van der Waals surface area contributed by atoms with Crippen LogP contribution in [0.25, 0.3) is 0 Å². The van der Waals surface area contributed by atoms with Crippen LogP contribution in [0.2, 0.25) is 0 Å². The number of benzene rings is 1. The summed E-state index contributed by atoms with van der Waals surface area (Å²) in [6.45, 7) is 3.61. The van der Waals surface area contributed by atoms with Gasteiger partial charge in [-0.3, -0.25) is 19.4 Å². The van der Waals surface area contributed by atoms with E-state index in [2.05, 4.69) is 11.8 Å². The van der Waals surface area contributed by atoms with Crippen molar-refractivity contribution in [2.45, 2.75) is 44.7 Å². The number of amides is 2. The molecular formula is C18H24N2O3. The molecule has 2 amide bonds. The molecule has 1 aromatic carbocycles. The van der Waals surface area contributed by atoms with Gasteiger partial charge in [0.25, 0.3) is 11.8 Å². The summed E-state index contributed by atoms with van der Waals surface area (Å²) in [5, 5.41) is 9.53. The lowest BCUT2D eigenvalue weighted by Gasteiger charge is -2.40. The molecule has 23 heavy (non-hydrogen) atoms. The van der Waals surface area contributed by atoms with Crippen LogP contribution in [0.1, 0.15) is 53.3 Å². The van der Waals surface area contributed by atoms with Gasteiger partial charge in [-0.05, 0) is 38.3 Å². The Kier molecular flexibility index (Phi) is 4.78. The molecule has 124 valence electrons. The van der Waals surface area contributed by atoms with Crippen molar-refractivity contribution in [3.63, 3.8) is 0 Å². The Balaban J connectivity index is 1.59. The van der Waals surface area contributed by atoms with Gasteiger partial charge in [0.05, 0.1) is 17.7 Å². The Morgan fingerprint density at radius 3 is 2.35 bits per heavy atom. The number of rotatable bonds is 5. The first-order valence-corrected chi connectivity index (χ1v) is 8.45. The van der Waals surface area contributed by atoms with Crippen molar-refractivity contribution in [1.29, 1.82) is 0 Å². The number of likely N-dealkylation sites (tertiary alicyclic amines) is 1. The fourth-order valence-electron chi connectivity index (χ4n) is 3.79. The third-order valence-electron chi connectivity index (χ3n) is 5.08. The maximum absolute atomic E-state index is 12.3. The molecule has 3 rings (SSSR count). The van der Waals surface area contributed by atoms with Crippen molar-refractivity contribution >= 4 is 11.8 Å². The first-order valence-electron chi connectivity index (χ1n) is 8.45. The summed E-state index contributed by atoms with van der Waals surface area (Å²) in [6.07, 6.45) is 4.06. The molecule has 2 heterocycles. The van der Waals surface area contributed by atoms with Crippen LogP contribution in [0.15, 0.2) is 24.3 Å². The fraction of sp³-hybridized carbons (Fsp3) is 0.556. The summed E-state index contributed by atoms with van der Waals surface area (Å²) in [7, 11) is 0. The number of hydrogen-bond donors (Lipinski definition) is 1. The van der Waals surface area contributed by atoms with E-state index in [1.165, 1.54) is 4.90 Å². The Labute approximate surface area is 136 Å². The predicted octanol–water partition coefficient (Wildman–Crippen LogP) is 1.91. The number of aliphatic hydroxyl groups is 1. The first-order chi connectivity index (χ1) is 11.1. The number of piperidine rings is 1. The molecule has 0 aliphatic carbocycles. The number of hydrogen-bond acceptors (Lipinski definition) is 4. The quantitative estimate of drug-likeness (QED) is 0.843. The smallest absolute Gasteiger partial charge is 0.261 e.